The molecule has 1 aliphatic rings. The van der Waals surface area contributed by atoms with Crippen LogP contribution >= 0.6 is 11.8 Å². The van der Waals surface area contributed by atoms with Gasteiger partial charge in [0.25, 0.3) is 0 Å². The molecule has 1 atom stereocenters. The van der Waals surface area contributed by atoms with Gasteiger partial charge in [-0.1, -0.05) is 13.8 Å². The van der Waals surface area contributed by atoms with Gasteiger partial charge in [0.15, 0.2) is 0 Å². The highest BCUT2D eigenvalue weighted by Gasteiger charge is 2.15. The van der Waals surface area contributed by atoms with Crippen LogP contribution in [0.1, 0.15) is 27.2 Å². The van der Waals surface area contributed by atoms with Crippen LogP contribution in [0, 0.1) is 5.92 Å². The lowest BCUT2D eigenvalue weighted by Gasteiger charge is -2.20. The third-order valence-corrected chi connectivity index (χ3v) is 3.92. The van der Waals surface area contributed by atoms with Crippen molar-refractivity contribution in [3.05, 3.63) is 18.2 Å². The lowest BCUT2D eigenvalue weighted by Crippen LogP contribution is -2.20. The summed E-state index contributed by atoms with van der Waals surface area (Å²) in [4.78, 5) is 12.5. The lowest BCUT2D eigenvalue weighted by atomic mass is 10.1. The zero-order chi connectivity index (χ0) is 13.1. The predicted octanol–water partition coefficient (Wildman–Crippen LogP) is 3.58. The molecular formula is C14H20N2OS. The zero-order valence-electron chi connectivity index (χ0n) is 11.1. The van der Waals surface area contributed by atoms with Gasteiger partial charge in [-0.3, -0.25) is 4.79 Å². The van der Waals surface area contributed by atoms with E-state index in [0.717, 1.165) is 22.7 Å². The molecule has 0 fully saturated rings. The van der Waals surface area contributed by atoms with Gasteiger partial charge < -0.3 is 10.6 Å². The molecule has 0 saturated heterocycles. The summed E-state index contributed by atoms with van der Waals surface area (Å²) in [6, 6.07) is 6.62. The lowest BCUT2D eigenvalue weighted by molar-refractivity contribution is -0.113. The Labute approximate surface area is 113 Å². The van der Waals surface area contributed by atoms with Crippen LogP contribution in [-0.2, 0) is 4.79 Å². The van der Waals surface area contributed by atoms with E-state index in [1.807, 2.05) is 6.07 Å². The number of hydrogen-bond acceptors (Lipinski definition) is 3. The molecule has 1 amide bonds. The van der Waals surface area contributed by atoms with Gasteiger partial charge in [-0.05, 0) is 37.5 Å². The largest absolute Gasteiger partial charge is 0.383 e. The Morgan fingerprint density at radius 3 is 2.89 bits per heavy atom. The van der Waals surface area contributed by atoms with Crippen LogP contribution in [0.2, 0.25) is 0 Å². The van der Waals surface area contributed by atoms with Crippen LogP contribution < -0.4 is 10.6 Å². The maximum atomic E-state index is 11.4. The van der Waals surface area contributed by atoms with E-state index in [1.165, 1.54) is 0 Å². The minimum absolute atomic E-state index is 0.0832. The molecule has 1 aromatic carbocycles. The number of hydrogen-bond donors (Lipinski definition) is 2. The number of carbonyl (C=O) groups is 1. The smallest absolute Gasteiger partial charge is 0.234 e. The number of anilines is 2. The van der Waals surface area contributed by atoms with Gasteiger partial charge in [0.1, 0.15) is 0 Å². The Morgan fingerprint density at radius 1 is 1.39 bits per heavy atom. The van der Waals surface area contributed by atoms with E-state index in [9.17, 15) is 4.79 Å². The van der Waals surface area contributed by atoms with Gasteiger partial charge in [-0.25, -0.2) is 0 Å². The Kier molecular flexibility index (Phi) is 4.17. The highest BCUT2D eigenvalue weighted by molar-refractivity contribution is 8.00. The average Bonchev–Trinajstić information content (AvgIpc) is 2.27. The maximum absolute atomic E-state index is 11.4. The number of rotatable bonds is 4. The highest BCUT2D eigenvalue weighted by atomic mass is 32.2. The number of thioether (sulfide) groups is 1. The molecule has 0 aromatic heterocycles. The van der Waals surface area contributed by atoms with Crippen molar-refractivity contribution in [3.63, 3.8) is 0 Å². The summed E-state index contributed by atoms with van der Waals surface area (Å²) in [5.41, 5.74) is 2.00. The van der Waals surface area contributed by atoms with E-state index >= 15 is 0 Å². The summed E-state index contributed by atoms with van der Waals surface area (Å²) in [7, 11) is 0. The van der Waals surface area contributed by atoms with Crippen molar-refractivity contribution in [3.8, 4) is 0 Å². The summed E-state index contributed by atoms with van der Waals surface area (Å²) < 4.78 is 0. The summed E-state index contributed by atoms with van der Waals surface area (Å²) in [6.07, 6.45) is 1.14. The minimum Gasteiger partial charge on any atom is -0.383 e. The topological polar surface area (TPSA) is 41.1 Å². The second kappa shape index (κ2) is 5.65. The monoisotopic (exact) mass is 264 g/mol. The van der Waals surface area contributed by atoms with Crippen molar-refractivity contribution in [1.82, 2.24) is 0 Å². The predicted molar refractivity (Wildman–Crippen MR) is 78.3 cm³/mol. The van der Waals surface area contributed by atoms with Gasteiger partial charge in [0, 0.05) is 16.6 Å². The minimum atomic E-state index is 0.0832. The van der Waals surface area contributed by atoms with E-state index in [0.29, 0.717) is 17.7 Å². The van der Waals surface area contributed by atoms with E-state index < -0.39 is 0 Å². The number of nitrogens with one attached hydrogen (secondary N) is 2. The SMILES string of the molecule is CC(C)CC(C)Nc1ccc2c(c1)NC(=O)CS2. The van der Waals surface area contributed by atoms with Crippen molar-refractivity contribution in [2.75, 3.05) is 16.4 Å². The van der Waals surface area contributed by atoms with E-state index in [4.69, 9.17) is 0 Å². The maximum Gasteiger partial charge on any atom is 0.234 e. The quantitative estimate of drug-likeness (QED) is 0.873. The van der Waals surface area contributed by atoms with Crippen LogP contribution in [0.15, 0.2) is 23.1 Å². The van der Waals surface area contributed by atoms with Crippen molar-refractivity contribution >= 4 is 29.0 Å². The summed E-state index contributed by atoms with van der Waals surface area (Å²) in [5, 5.41) is 6.39. The summed E-state index contributed by atoms with van der Waals surface area (Å²) in [5.74, 6) is 1.28. The van der Waals surface area contributed by atoms with Gasteiger partial charge >= 0.3 is 0 Å². The molecule has 1 aliphatic heterocycles. The van der Waals surface area contributed by atoms with E-state index in [-0.39, 0.29) is 5.91 Å². The highest BCUT2D eigenvalue weighted by Crippen LogP contribution is 2.33. The van der Waals surface area contributed by atoms with Crippen LogP contribution in [-0.4, -0.2) is 17.7 Å². The first-order valence-electron chi connectivity index (χ1n) is 6.38. The van der Waals surface area contributed by atoms with E-state index in [1.54, 1.807) is 11.8 Å². The van der Waals surface area contributed by atoms with Crippen LogP contribution in [0.5, 0.6) is 0 Å². The fourth-order valence-electron chi connectivity index (χ4n) is 2.22. The van der Waals surface area contributed by atoms with E-state index in [2.05, 4.69) is 43.5 Å². The molecule has 4 heteroatoms. The molecular weight excluding hydrogens is 244 g/mol. The number of carbonyl (C=O) groups excluding carboxylic acids is 1. The third kappa shape index (κ3) is 3.42. The first-order valence-corrected chi connectivity index (χ1v) is 7.36. The number of fused-ring (bicyclic) bond motifs is 1. The molecule has 3 nitrogen and oxygen atoms in total. The molecule has 0 spiro atoms. The molecule has 2 N–H and O–H groups in total. The van der Waals surface area contributed by atoms with Gasteiger partial charge in [-0.15, -0.1) is 11.8 Å². The fraction of sp³-hybridized carbons (Fsp3) is 0.500. The first-order chi connectivity index (χ1) is 8.54. The molecule has 0 bridgehead atoms. The summed E-state index contributed by atoms with van der Waals surface area (Å²) >= 11 is 1.60. The third-order valence-electron chi connectivity index (χ3n) is 2.85. The molecule has 0 radical (unpaired) electrons. The molecule has 1 heterocycles. The van der Waals surface area contributed by atoms with Crippen LogP contribution in [0.25, 0.3) is 0 Å². The van der Waals surface area contributed by atoms with Crippen molar-refractivity contribution in [1.29, 1.82) is 0 Å². The van der Waals surface area contributed by atoms with Gasteiger partial charge in [-0.2, -0.15) is 0 Å². The number of benzene rings is 1. The normalized spacial score (nSPS) is 16.1. The van der Waals surface area contributed by atoms with Crippen molar-refractivity contribution in [2.45, 2.75) is 38.1 Å². The zero-order valence-corrected chi connectivity index (χ0v) is 11.9. The van der Waals surface area contributed by atoms with Crippen molar-refractivity contribution < 1.29 is 4.79 Å². The standard InChI is InChI=1S/C14H20N2OS/c1-9(2)6-10(3)15-11-4-5-13-12(7-11)16-14(17)8-18-13/h4-5,7,9-10,15H,6,8H2,1-3H3,(H,16,17). The van der Waals surface area contributed by atoms with Crippen LogP contribution in [0.3, 0.4) is 0 Å². The van der Waals surface area contributed by atoms with Gasteiger partial charge in [0.2, 0.25) is 5.91 Å². The Hall–Kier alpha value is -1.16. The summed E-state index contributed by atoms with van der Waals surface area (Å²) in [6.45, 7) is 6.64. The molecule has 1 aromatic rings. The number of amides is 1. The molecule has 98 valence electrons. The second-order valence-electron chi connectivity index (χ2n) is 5.22. The Bertz CT molecular complexity index is 445. The average molecular weight is 264 g/mol. The van der Waals surface area contributed by atoms with Crippen LogP contribution in [0.4, 0.5) is 11.4 Å². The molecule has 1 unspecified atom stereocenters. The van der Waals surface area contributed by atoms with Gasteiger partial charge in [0.05, 0.1) is 11.4 Å². The Morgan fingerprint density at radius 2 is 2.17 bits per heavy atom. The van der Waals surface area contributed by atoms with Crippen molar-refractivity contribution in [2.24, 2.45) is 5.92 Å². The second-order valence-corrected chi connectivity index (χ2v) is 6.24. The first kappa shape index (κ1) is 13.3. The molecule has 18 heavy (non-hydrogen) atoms. The Balaban J connectivity index is 2.06. The molecule has 0 saturated carbocycles. The fourth-order valence-corrected chi connectivity index (χ4v) is 3.01. The molecule has 0 aliphatic carbocycles. The molecule has 2 rings (SSSR count).